The molecule has 1 fully saturated rings. The van der Waals surface area contributed by atoms with Crippen LogP contribution in [-0.4, -0.2) is 73.5 Å². The van der Waals surface area contributed by atoms with Crippen LogP contribution < -0.4 is 20.7 Å². The Morgan fingerprint density at radius 1 is 1.34 bits per heavy atom. The maximum absolute atomic E-state index is 13.8. The van der Waals surface area contributed by atoms with Crippen molar-refractivity contribution in [1.29, 1.82) is 0 Å². The second-order valence-corrected chi connectivity index (χ2v) is 11.7. The fraction of sp³-hybridized carbons (Fsp3) is 0.440. The molecule has 1 saturated heterocycles. The molecule has 0 spiro atoms. The number of rotatable bonds is 11. The number of aliphatic hydroxyl groups excluding tert-OH is 1. The van der Waals surface area contributed by atoms with Crippen molar-refractivity contribution in [3.8, 4) is 18.1 Å². The molecule has 0 aliphatic carbocycles. The third-order valence-corrected chi connectivity index (χ3v) is 8.19. The largest absolute Gasteiger partial charge is 0.462 e. The predicted molar refractivity (Wildman–Crippen MR) is 151 cm³/mol. The van der Waals surface area contributed by atoms with Gasteiger partial charge in [0.1, 0.15) is 24.0 Å². The Bertz CT molecular complexity index is 1480. The normalized spacial score (nSPS) is 24.5. The summed E-state index contributed by atoms with van der Waals surface area (Å²) in [5, 5.41) is 16.6. The number of ether oxygens (including phenoxy) is 2. The van der Waals surface area contributed by atoms with Crippen molar-refractivity contribution in [1.82, 2.24) is 24.6 Å². The van der Waals surface area contributed by atoms with Gasteiger partial charge in [-0.3, -0.25) is 13.9 Å². The first-order chi connectivity index (χ1) is 19.4. The van der Waals surface area contributed by atoms with Crippen LogP contribution in [0.5, 0.6) is 5.75 Å². The zero-order chi connectivity index (χ0) is 29.9. The van der Waals surface area contributed by atoms with Crippen LogP contribution in [0.3, 0.4) is 0 Å². The number of nitrogens with two attached hydrogens (primary N) is 1. The minimum absolute atomic E-state index is 0.0434. The van der Waals surface area contributed by atoms with Gasteiger partial charge in [-0.2, -0.15) is 15.1 Å². The van der Waals surface area contributed by atoms with Crippen molar-refractivity contribution in [3.63, 3.8) is 0 Å². The van der Waals surface area contributed by atoms with E-state index in [9.17, 15) is 14.5 Å². The summed E-state index contributed by atoms with van der Waals surface area (Å²) in [5.41, 5.74) is 6.47. The Hall–Kier alpha value is -3.44. The average molecular weight is 608 g/mol. The fourth-order valence-electron chi connectivity index (χ4n) is 4.10. The lowest BCUT2D eigenvalue weighted by molar-refractivity contribution is -0.149. The summed E-state index contributed by atoms with van der Waals surface area (Å²) in [7, 11) is -2.62. The van der Waals surface area contributed by atoms with Crippen LogP contribution in [0.25, 0.3) is 11.2 Å². The molecule has 6 atom stereocenters. The number of esters is 1. The van der Waals surface area contributed by atoms with Crippen molar-refractivity contribution in [2.75, 3.05) is 24.7 Å². The lowest BCUT2D eigenvalue weighted by Crippen LogP contribution is -2.41. The number of hydrogen-bond acceptors (Lipinski definition) is 12. The molecular formula is C25H31ClN7O7P. The maximum atomic E-state index is 13.8. The molecule has 1 aliphatic heterocycles. The number of carbonyl (C=O) groups is 1. The van der Waals surface area contributed by atoms with Crippen LogP contribution in [0.4, 0.5) is 11.8 Å². The van der Waals surface area contributed by atoms with Gasteiger partial charge in [-0.1, -0.05) is 35.7 Å². The number of halogens is 1. The number of alkyl halides is 1. The number of aromatic nitrogens is 4. The van der Waals surface area contributed by atoms with Gasteiger partial charge in [0.15, 0.2) is 28.1 Å². The number of nitrogens with one attached hydrogen (secondary N) is 2. The van der Waals surface area contributed by atoms with Gasteiger partial charge in [-0.05, 0) is 32.9 Å². The minimum Gasteiger partial charge on any atom is -0.462 e. The third-order valence-electron chi connectivity index (χ3n) is 6.03. The number of para-hydroxylation sites is 1. The van der Waals surface area contributed by atoms with Gasteiger partial charge in [0.25, 0.3) is 0 Å². The van der Waals surface area contributed by atoms with Crippen LogP contribution in [-0.2, 0) is 23.4 Å². The number of hydrogen-bond donors (Lipinski definition) is 4. The molecule has 41 heavy (non-hydrogen) atoms. The molecule has 5 N–H and O–H groups in total. The summed E-state index contributed by atoms with van der Waals surface area (Å²) in [6, 6.07) is 7.14. The van der Waals surface area contributed by atoms with Gasteiger partial charge in [0.2, 0.25) is 5.95 Å². The molecule has 1 aromatic carbocycles. The molecule has 2 aromatic heterocycles. The monoisotopic (exact) mass is 607 g/mol. The first-order valence-electron chi connectivity index (χ1n) is 12.6. The van der Waals surface area contributed by atoms with E-state index in [1.54, 1.807) is 51.2 Å². The van der Waals surface area contributed by atoms with Crippen LogP contribution in [0.1, 0.15) is 27.0 Å². The summed E-state index contributed by atoms with van der Waals surface area (Å²) < 4.78 is 37.8. The molecule has 0 radical (unpaired) electrons. The number of nitrogens with zero attached hydrogens (tertiary/aromatic N) is 4. The molecular weight excluding hydrogens is 577 g/mol. The Balaban J connectivity index is 1.60. The zero-order valence-corrected chi connectivity index (χ0v) is 24.4. The van der Waals surface area contributed by atoms with Gasteiger partial charge in [-0.15, -0.1) is 6.42 Å². The molecule has 14 nitrogen and oxygen atoms in total. The molecule has 0 amide bonds. The number of anilines is 2. The van der Waals surface area contributed by atoms with E-state index in [0.717, 1.165) is 0 Å². The molecule has 0 saturated carbocycles. The van der Waals surface area contributed by atoms with Crippen LogP contribution in [0.15, 0.2) is 36.7 Å². The van der Waals surface area contributed by atoms with E-state index in [1.165, 1.54) is 17.8 Å². The third kappa shape index (κ3) is 6.41. The van der Waals surface area contributed by atoms with Crippen molar-refractivity contribution >= 4 is 48.2 Å². The smallest absolute Gasteiger partial charge is 0.459 e. The highest BCUT2D eigenvalue weighted by Gasteiger charge is 2.56. The topological polar surface area (TPSA) is 185 Å². The highest BCUT2D eigenvalue weighted by atomic mass is 35.5. The summed E-state index contributed by atoms with van der Waals surface area (Å²) >= 11 is 6.74. The van der Waals surface area contributed by atoms with E-state index in [1.807, 2.05) is 0 Å². The summed E-state index contributed by atoms with van der Waals surface area (Å²) in [6.45, 7) is 4.32. The SMILES string of the molecule is C#C[C@@]1(Cl)[C@H](O)[C@@H](COP(=O)(NC(C)C(=O)OC(C)C)Oc2ccccc2)O[C@H]1n1cnc2c(NC)nc(N)nc21. The molecule has 1 aliphatic rings. The van der Waals surface area contributed by atoms with Crippen molar-refractivity contribution in [2.24, 2.45) is 0 Å². The van der Waals surface area contributed by atoms with E-state index in [0.29, 0.717) is 11.3 Å². The summed E-state index contributed by atoms with van der Waals surface area (Å²) in [4.78, 5) is 23.2. The maximum Gasteiger partial charge on any atom is 0.459 e. The zero-order valence-electron chi connectivity index (χ0n) is 22.7. The highest BCUT2D eigenvalue weighted by molar-refractivity contribution is 7.52. The van der Waals surface area contributed by atoms with Gasteiger partial charge >= 0.3 is 13.7 Å². The standard InChI is InChI=1S/C25H31ClN7O7P/c1-6-25(26)19(34)17(39-23(25)33-13-29-18-20(28-5)30-24(27)31-21(18)33)12-37-41(36,40-16-10-8-7-9-11-16)32-15(4)22(35)38-14(2)3/h1,7-11,13-15,17,19,23,34H,12H2,2-5H3,(H,32,36)(H3,27,28,30,31)/t15?,17-,19-,23-,25-,41?/m1/s1. The predicted octanol–water partition coefficient (Wildman–Crippen LogP) is 2.45. The fourth-order valence-corrected chi connectivity index (χ4v) is 5.90. The number of imidazole rings is 1. The van der Waals surface area contributed by atoms with E-state index >= 15 is 0 Å². The second-order valence-electron chi connectivity index (χ2n) is 9.42. The quantitative estimate of drug-likeness (QED) is 0.108. The molecule has 4 rings (SSSR count). The molecule has 3 aromatic rings. The van der Waals surface area contributed by atoms with Gasteiger partial charge in [-0.25, -0.2) is 9.55 Å². The average Bonchev–Trinajstić information content (AvgIpc) is 3.45. The van der Waals surface area contributed by atoms with E-state index in [-0.39, 0.29) is 17.3 Å². The lowest BCUT2D eigenvalue weighted by Gasteiger charge is -2.26. The molecule has 16 heteroatoms. The Morgan fingerprint density at radius 3 is 2.68 bits per heavy atom. The second kappa shape index (κ2) is 12.2. The van der Waals surface area contributed by atoms with E-state index in [2.05, 4.69) is 31.3 Å². The first-order valence-corrected chi connectivity index (χ1v) is 14.5. The van der Waals surface area contributed by atoms with E-state index < -0.39 is 55.8 Å². The van der Waals surface area contributed by atoms with Crippen LogP contribution in [0.2, 0.25) is 0 Å². The highest BCUT2D eigenvalue weighted by Crippen LogP contribution is 2.48. The van der Waals surface area contributed by atoms with Crippen molar-refractivity contribution in [2.45, 2.75) is 56.2 Å². The van der Waals surface area contributed by atoms with Crippen LogP contribution >= 0.6 is 19.3 Å². The number of aliphatic hydroxyl groups is 1. The Labute approximate surface area is 241 Å². The van der Waals surface area contributed by atoms with Gasteiger partial charge in [0.05, 0.1) is 19.0 Å². The molecule has 220 valence electrons. The summed E-state index contributed by atoms with van der Waals surface area (Å²) in [5.74, 6) is 2.24. The summed E-state index contributed by atoms with van der Waals surface area (Å²) in [6.07, 6.45) is 2.85. The number of benzene rings is 1. The van der Waals surface area contributed by atoms with Crippen LogP contribution in [0, 0.1) is 12.3 Å². The first kappa shape index (κ1) is 30.5. The van der Waals surface area contributed by atoms with Crippen molar-refractivity contribution in [3.05, 3.63) is 36.7 Å². The molecule has 3 heterocycles. The number of fused-ring (bicyclic) bond motifs is 1. The van der Waals surface area contributed by atoms with Crippen molar-refractivity contribution < 1.29 is 33.0 Å². The number of terminal acetylenes is 1. The molecule has 2 unspecified atom stereocenters. The number of carbonyl (C=O) groups excluding carboxylic acids is 1. The van der Waals surface area contributed by atoms with Gasteiger partial charge < -0.3 is 30.2 Å². The Morgan fingerprint density at radius 2 is 2.05 bits per heavy atom. The molecule has 0 bridgehead atoms. The number of nitrogen functional groups attached to an aromatic ring is 1. The lowest BCUT2D eigenvalue weighted by atomic mass is 9.99. The van der Waals surface area contributed by atoms with E-state index in [4.69, 9.17) is 42.3 Å². The van der Waals surface area contributed by atoms with Gasteiger partial charge in [0, 0.05) is 7.05 Å². The minimum atomic E-state index is -4.26. The Kier molecular flexibility index (Phi) is 9.08.